The first-order chi connectivity index (χ1) is 25.8. The SMILES string of the molecule is Cc1cc(C)c(N2CCN(c3c(C)cc(C)cc3C)C2=[P+](OC(c2ccccc2)c2ccccc2)[c-]2cc(-c3ccccc3)c3ccccc32)c(C)c1. The van der Waals surface area contributed by atoms with E-state index in [1.165, 1.54) is 77.5 Å². The second kappa shape index (κ2) is 14.6. The Balaban J connectivity index is 1.49. The fourth-order valence-corrected chi connectivity index (χ4v) is 10.9. The van der Waals surface area contributed by atoms with E-state index in [0.29, 0.717) is 0 Å². The highest BCUT2D eigenvalue weighted by Gasteiger charge is 2.43. The molecule has 53 heavy (non-hydrogen) atoms. The highest BCUT2D eigenvalue weighted by Crippen LogP contribution is 2.47. The van der Waals surface area contributed by atoms with Crippen molar-refractivity contribution in [2.45, 2.75) is 47.6 Å². The normalized spacial score (nSPS) is 13.4. The van der Waals surface area contributed by atoms with Gasteiger partial charge in [-0.3, -0.25) is 9.80 Å². The van der Waals surface area contributed by atoms with E-state index >= 15 is 0 Å². The van der Waals surface area contributed by atoms with Gasteiger partial charge in [0.1, 0.15) is 5.30 Å². The lowest BCUT2D eigenvalue weighted by atomic mass is 10.0. The van der Waals surface area contributed by atoms with E-state index in [-0.39, 0.29) is 6.10 Å². The summed E-state index contributed by atoms with van der Waals surface area (Å²) in [6.07, 6.45) is -0.283. The molecular weight excluding hydrogens is 664 g/mol. The van der Waals surface area contributed by atoms with Crippen LogP contribution in [0.4, 0.5) is 11.4 Å². The monoisotopic (exact) mass is 710 g/mol. The zero-order valence-electron chi connectivity index (χ0n) is 31.6. The minimum Gasteiger partial charge on any atom is -0.288 e. The van der Waals surface area contributed by atoms with Gasteiger partial charge < -0.3 is 0 Å². The van der Waals surface area contributed by atoms with E-state index in [9.17, 15) is 0 Å². The van der Waals surface area contributed by atoms with Crippen LogP contribution in [-0.2, 0) is 4.52 Å². The largest absolute Gasteiger partial charge is 0.321 e. The quantitative estimate of drug-likeness (QED) is 0.115. The van der Waals surface area contributed by atoms with Gasteiger partial charge in [-0.1, -0.05) is 149 Å². The summed E-state index contributed by atoms with van der Waals surface area (Å²) in [4.78, 5) is 5.21. The topological polar surface area (TPSA) is 15.7 Å². The van der Waals surface area contributed by atoms with Crippen LogP contribution in [0.5, 0.6) is 0 Å². The number of fused-ring (bicyclic) bond motifs is 1. The summed E-state index contributed by atoms with van der Waals surface area (Å²) in [6.45, 7) is 15.2. The Labute approximate surface area is 316 Å². The molecule has 0 aliphatic carbocycles. The van der Waals surface area contributed by atoms with Crippen LogP contribution in [0.25, 0.3) is 21.9 Å². The van der Waals surface area contributed by atoms with Gasteiger partial charge in [0.15, 0.2) is 6.10 Å². The molecule has 0 bridgehead atoms. The highest BCUT2D eigenvalue weighted by molar-refractivity contribution is 7.63. The van der Waals surface area contributed by atoms with Crippen molar-refractivity contribution in [2.75, 3.05) is 22.9 Å². The Kier molecular flexibility index (Phi) is 9.56. The van der Waals surface area contributed by atoms with Crippen molar-refractivity contribution in [1.82, 2.24) is 0 Å². The van der Waals surface area contributed by atoms with Crippen LogP contribution in [0.2, 0.25) is 0 Å². The maximum Gasteiger partial charge on any atom is 0.321 e. The number of hydrogen-bond acceptors (Lipinski definition) is 1. The molecule has 0 N–H and O–H groups in total. The van der Waals surface area contributed by atoms with Gasteiger partial charge >= 0.3 is 5.54 Å². The van der Waals surface area contributed by atoms with E-state index in [1.54, 1.807) is 0 Å². The average molecular weight is 711 g/mol. The van der Waals surface area contributed by atoms with Gasteiger partial charge in [0.05, 0.1) is 11.4 Å². The van der Waals surface area contributed by atoms with E-state index in [1.807, 2.05) is 0 Å². The number of hydrogen-bond donors (Lipinski definition) is 0. The minimum absolute atomic E-state index is 0.283. The smallest absolute Gasteiger partial charge is 0.288 e. The predicted molar refractivity (Wildman–Crippen MR) is 228 cm³/mol. The molecule has 1 fully saturated rings. The molecule has 1 heterocycles. The maximum absolute atomic E-state index is 7.90. The van der Waals surface area contributed by atoms with Gasteiger partial charge in [-0.05, 0) is 74.9 Å². The first-order valence-corrected chi connectivity index (χ1v) is 19.9. The van der Waals surface area contributed by atoms with Crippen molar-refractivity contribution in [3.8, 4) is 11.1 Å². The minimum atomic E-state index is -1.44. The molecule has 7 aromatic rings. The van der Waals surface area contributed by atoms with Crippen molar-refractivity contribution in [3.63, 3.8) is 0 Å². The van der Waals surface area contributed by atoms with Gasteiger partial charge in [-0.2, -0.15) is 4.52 Å². The lowest BCUT2D eigenvalue weighted by Gasteiger charge is -2.27. The second-order valence-electron chi connectivity index (χ2n) is 14.6. The molecule has 0 aromatic heterocycles. The first-order valence-electron chi connectivity index (χ1n) is 18.7. The van der Waals surface area contributed by atoms with Crippen molar-refractivity contribution < 1.29 is 4.52 Å². The lowest BCUT2D eigenvalue weighted by Crippen LogP contribution is -2.36. The molecule has 4 heteroatoms. The van der Waals surface area contributed by atoms with Crippen LogP contribution < -0.4 is 15.1 Å². The Bertz CT molecular complexity index is 2290. The number of anilines is 2. The molecule has 0 saturated carbocycles. The van der Waals surface area contributed by atoms with Crippen molar-refractivity contribution in [3.05, 3.63) is 190 Å². The number of rotatable bonds is 8. The van der Waals surface area contributed by atoms with Crippen LogP contribution in [0.15, 0.2) is 146 Å². The summed E-state index contributed by atoms with van der Waals surface area (Å²) in [5, 5.41) is 3.73. The van der Waals surface area contributed by atoms with E-state index in [4.69, 9.17) is 4.52 Å². The summed E-state index contributed by atoms with van der Waals surface area (Å²) < 4.78 is 7.90. The predicted octanol–water partition coefficient (Wildman–Crippen LogP) is 12.0. The highest BCUT2D eigenvalue weighted by atomic mass is 31.1. The fraction of sp³-hybridized carbons (Fsp3) is 0.184. The van der Waals surface area contributed by atoms with Crippen molar-refractivity contribution in [2.24, 2.45) is 0 Å². The summed E-state index contributed by atoms with van der Waals surface area (Å²) in [5.41, 5.74) is 16.2. The van der Waals surface area contributed by atoms with Gasteiger partial charge in [0.25, 0.3) is 7.77 Å². The molecular formula is C49H47N2OP. The fourth-order valence-electron chi connectivity index (χ4n) is 8.53. The lowest BCUT2D eigenvalue weighted by molar-refractivity contribution is 0.287. The maximum atomic E-state index is 7.90. The molecule has 1 atom stereocenters. The van der Waals surface area contributed by atoms with E-state index in [2.05, 4.69) is 197 Å². The summed E-state index contributed by atoms with van der Waals surface area (Å²) in [6, 6.07) is 53.0. The molecule has 3 nitrogen and oxygen atoms in total. The number of benzene rings is 6. The molecule has 0 spiro atoms. The van der Waals surface area contributed by atoms with Crippen LogP contribution in [0.3, 0.4) is 0 Å². The van der Waals surface area contributed by atoms with Gasteiger partial charge in [0, 0.05) is 13.1 Å². The second-order valence-corrected chi connectivity index (χ2v) is 16.2. The zero-order valence-corrected chi connectivity index (χ0v) is 32.5. The number of aryl methyl sites for hydroxylation is 6. The molecule has 1 saturated heterocycles. The Morgan fingerprint density at radius 3 is 1.47 bits per heavy atom. The van der Waals surface area contributed by atoms with Crippen LogP contribution in [-0.4, -0.2) is 18.6 Å². The van der Waals surface area contributed by atoms with Crippen LogP contribution in [0.1, 0.15) is 50.6 Å². The third-order valence-corrected chi connectivity index (χ3v) is 12.6. The van der Waals surface area contributed by atoms with Crippen LogP contribution in [0, 0.1) is 41.5 Å². The third-order valence-electron chi connectivity index (χ3n) is 10.5. The zero-order chi connectivity index (χ0) is 36.6. The number of nitrogens with zero attached hydrogens (tertiary/aromatic N) is 2. The molecule has 1 aliphatic heterocycles. The first kappa shape index (κ1) is 34.7. The summed E-state index contributed by atoms with van der Waals surface area (Å²) >= 11 is 0. The summed E-state index contributed by atoms with van der Waals surface area (Å²) in [5.74, 6) is 0. The molecule has 0 amide bonds. The third kappa shape index (κ3) is 6.61. The van der Waals surface area contributed by atoms with E-state index < -0.39 is 7.77 Å². The Morgan fingerprint density at radius 2 is 0.981 bits per heavy atom. The molecule has 264 valence electrons. The van der Waals surface area contributed by atoms with Gasteiger partial charge in [-0.15, -0.1) is 29.1 Å². The molecule has 1 unspecified atom stereocenters. The molecule has 1 aliphatic rings. The molecule has 7 aromatic carbocycles. The standard InChI is InChI=1S/C49H47N2OP/c1-33-28-35(3)46(36(4)29-33)50-26-27-51(47-37(5)30-34(2)31-38(47)6)49(50)53(52-48(40-20-12-8-13-21-40)41-22-14-9-15-23-41)45-32-44(39-18-10-7-11-19-39)42-24-16-17-25-43(42)45/h7-25,28-32,48H,26-27H2,1-6H3. The van der Waals surface area contributed by atoms with E-state index in [0.717, 1.165) is 24.2 Å². The molecule has 0 radical (unpaired) electrons. The summed E-state index contributed by atoms with van der Waals surface area (Å²) in [7, 11) is -1.44. The molecule has 8 rings (SSSR count). The Hall–Kier alpha value is -5.34. The van der Waals surface area contributed by atoms with Gasteiger partial charge in [-0.25, -0.2) is 0 Å². The van der Waals surface area contributed by atoms with Crippen LogP contribution >= 0.6 is 7.77 Å². The van der Waals surface area contributed by atoms with Crippen molar-refractivity contribution in [1.29, 1.82) is 0 Å². The Morgan fingerprint density at radius 1 is 0.547 bits per heavy atom. The van der Waals surface area contributed by atoms with Gasteiger partial charge in [0.2, 0.25) is 0 Å². The van der Waals surface area contributed by atoms with Crippen molar-refractivity contribution >= 4 is 40.8 Å². The average Bonchev–Trinajstić information content (AvgIpc) is 3.75.